The maximum absolute atomic E-state index is 12.8. The van der Waals surface area contributed by atoms with Crippen LogP contribution in [0.3, 0.4) is 0 Å². The second-order valence-electron chi connectivity index (χ2n) is 9.24. The Bertz CT molecular complexity index is 1240. The number of aromatic nitrogens is 3. The average molecular weight is 475 g/mol. The lowest BCUT2D eigenvalue weighted by Crippen LogP contribution is -2.73. The molecule has 1 aliphatic heterocycles. The van der Waals surface area contributed by atoms with Gasteiger partial charge in [-0.1, -0.05) is 18.2 Å². The van der Waals surface area contributed by atoms with Gasteiger partial charge in [0, 0.05) is 31.4 Å². The molecule has 182 valence electrons. The Balaban J connectivity index is 1.64. The highest BCUT2D eigenvalue weighted by Gasteiger charge is 2.22. The van der Waals surface area contributed by atoms with Crippen molar-refractivity contribution in [2.45, 2.75) is 32.4 Å². The summed E-state index contributed by atoms with van der Waals surface area (Å²) in [7, 11) is 2.12. The van der Waals surface area contributed by atoms with Crippen LogP contribution in [-0.2, 0) is 18.6 Å². The summed E-state index contributed by atoms with van der Waals surface area (Å²) in [5, 5.41) is 18.1. The van der Waals surface area contributed by atoms with E-state index in [1.807, 2.05) is 12.1 Å². The number of fused-ring (bicyclic) bond motifs is 1. The molecule has 0 bridgehead atoms. The van der Waals surface area contributed by atoms with Gasteiger partial charge in [0.1, 0.15) is 11.2 Å². The van der Waals surface area contributed by atoms with Crippen LogP contribution < -0.4 is 16.0 Å². The zero-order chi connectivity index (χ0) is 25.0. The van der Waals surface area contributed by atoms with Crippen LogP contribution in [-0.4, -0.2) is 51.0 Å². The van der Waals surface area contributed by atoms with E-state index >= 15 is 0 Å². The fraction of sp³-hybridized carbons (Fsp3) is 0.308. The zero-order valence-corrected chi connectivity index (χ0v) is 20.4. The lowest BCUT2D eigenvalue weighted by atomic mass is 9.99. The standard InChI is InChI=1S/C26H31N7O2/c1-5-12-27-24(34)20-15-28-25(29-19-10-9-17-11-13-33(4)16-18(17)14-19)32-23(20)31-22-8-6-7-21(30-22)26(2,3)35/h5-10,14-15,35H,1,11-13,16H2,2-4H3,(H,27,34)(H2,28,29,30,31,32)/p+1. The Morgan fingerprint density at radius 1 is 1.26 bits per heavy atom. The van der Waals surface area contributed by atoms with Crippen molar-refractivity contribution in [2.24, 2.45) is 0 Å². The minimum absolute atomic E-state index is 0.307. The number of carbonyl (C=O) groups excluding carboxylic acids is 1. The summed E-state index contributed by atoms with van der Waals surface area (Å²) in [5.74, 6) is 1.06. The molecule has 0 spiro atoms. The van der Waals surface area contributed by atoms with Gasteiger partial charge in [0.05, 0.1) is 11.9 Å². The topological polar surface area (TPSA) is 120 Å². The van der Waals surface area contributed by atoms with Gasteiger partial charge in [0.2, 0.25) is 17.6 Å². The Labute approximate surface area is 205 Å². The molecule has 0 unspecified atom stereocenters. The maximum atomic E-state index is 12.8. The number of hydrogen-bond acceptors (Lipinski definition) is 7. The number of pyridine rings is 1. The highest BCUT2D eigenvalue weighted by Crippen LogP contribution is 2.24. The highest BCUT2D eigenvalue weighted by atomic mass is 16.3. The fourth-order valence-electron chi connectivity index (χ4n) is 3.92. The van der Waals surface area contributed by atoms with E-state index in [4.69, 9.17) is 0 Å². The van der Waals surface area contributed by atoms with E-state index < -0.39 is 5.60 Å². The number of amides is 1. The number of hydrogen-bond donors (Lipinski definition) is 4. The van der Waals surface area contributed by atoms with E-state index in [1.54, 1.807) is 37.4 Å². The first-order valence-corrected chi connectivity index (χ1v) is 11.6. The molecule has 2 aromatic heterocycles. The SMILES string of the molecule is C=CCNC(=O)c1cnc(Nc2ccc3c(c2)CN(C)CC3)nc1[NH2+]c1cccc(C(C)(C)O)n1. The smallest absolute Gasteiger partial charge is 0.261 e. The van der Waals surface area contributed by atoms with Crippen molar-refractivity contribution in [3.05, 3.63) is 77.6 Å². The van der Waals surface area contributed by atoms with Crippen LogP contribution in [0.25, 0.3) is 0 Å². The van der Waals surface area contributed by atoms with Crippen molar-refractivity contribution in [1.82, 2.24) is 25.2 Å². The molecule has 0 atom stereocenters. The zero-order valence-electron chi connectivity index (χ0n) is 20.4. The van der Waals surface area contributed by atoms with Gasteiger partial charge in [0.25, 0.3) is 5.91 Å². The lowest BCUT2D eigenvalue weighted by molar-refractivity contribution is -0.487. The summed E-state index contributed by atoms with van der Waals surface area (Å²) in [6.07, 6.45) is 4.15. The first-order chi connectivity index (χ1) is 16.7. The van der Waals surface area contributed by atoms with E-state index in [2.05, 4.69) is 56.2 Å². The van der Waals surface area contributed by atoms with Crippen molar-refractivity contribution in [1.29, 1.82) is 0 Å². The van der Waals surface area contributed by atoms with Crippen molar-refractivity contribution in [3.8, 4) is 0 Å². The number of anilines is 2. The van der Waals surface area contributed by atoms with Crippen molar-refractivity contribution in [3.63, 3.8) is 0 Å². The molecule has 0 radical (unpaired) electrons. The molecule has 0 aliphatic carbocycles. The average Bonchev–Trinajstić information content (AvgIpc) is 2.82. The van der Waals surface area contributed by atoms with Gasteiger partial charge in [-0.05, 0) is 56.6 Å². The van der Waals surface area contributed by atoms with Gasteiger partial charge >= 0.3 is 0 Å². The monoisotopic (exact) mass is 474 g/mol. The van der Waals surface area contributed by atoms with Gasteiger partial charge < -0.3 is 20.6 Å². The Morgan fingerprint density at radius 3 is 2.86 bits per heavy atom. The third-order valence-corrected chi connectivity index (χ3v) is 5.82. The first kappa shape index (κ1) is 24.5. The molecule has 3 aromatic rings. The Kier molecular flexibility index (Phi) is 7.20. The van der Waals surface area contributed by atoms with Gasteiger partial charge in [-0.15, -0.1) is 6.58 Å². The number of quaternary nitrogens is 1. The third-order valence-electron chi connectivity index (χ3n) is 5.82. The molecule has 3 heterocycles. The van der Waals surface area contributed by atoms with Crippen LogP contribution in [0.2, 0.25) is 0 Å². The molecule has 0 saturated carbocycles. The number of benzene rings is 1. The molecule has 1 aliphatic rings. The Morgan fingerprint density at radius 2 is 2.09 bits per heavy atom. The lowest BCUT2D eigenvalue weighted by Gasteiger charge is -2.25. The van der Waals surface area contributed by atoms with Gasteiger partial charge in [-0.25, -0.2) is 10.3 Å². The minimum atomic E-state index is -1.09. The summed E-state index contributed by atoms with van der Waals surface area (Å²) in [6.45, 7) is 9.28. The van der Waals surface area contributed by atoms with E-state index in [1.165, 1.54) is 17.3 Å². The first-order valence-electron chi connectivity index (χ1n) is 11.6. The number of likely N-dealkylation sites (N-methyl/N-ethyl adjacent to an activating group) is 1. The van der Waals surface area contributed by atoms with Gasteiger partial charge in [0.15, 0.2) is 0 Å². The molecule has 5 N–H and O–H groups in total. The highest BCUT2D eigenvalue weighted by molar-refractivity contribution is 5.97. The normalized spacial score (nSPS) is 13.7. The van der Waals surface area contributed by atoms with E-state index in [9.17, 15) is 9.90 Å². The van der Waals surface area contributed by atoms with E-state index in [-0.39, 0.29) is 5.91 Å². The van der Waals surface area contributed by atoms with Crippen LogP contribution in [0.5, 0.6) is 0 Å². The molecule has 35 heavy (non-hydrogen) atoms. The number of aliphatic hydroxyl groups is 1. The second kappa shape index (κ2) is 10.3. The molecular weight excluding hydrogens is 442 g/mol. The summed E-state index contributed by atoms with van der Waals surface area (Å²) in [6, 6.07) is 11.7. The quantitative estimate of drug-likeness (QED) is 0.370. The predicted molar refractivity (Wildman–Crippen MR) is 135 cm³/mol. The number of nitrogens with zero attached hydrogens (tertiary/aromatic N) is 4. The molecule has 9 heteroatoms. The van der Waals surface area contributed by atoms with Crippen LogP contribution >= 0.6 is 0 Å². The summed E-state index contributed by atoms with van der Waals surface area (Å²) < 4.78 is 0. The van der Waals surface area contributed by atoms with Crippen molar-refractivity contribution < 1.29 is 15.2 Å². The molecule has 4 rings (SSSR count). The number of nitrogens with one attached hydrogen (secondary N) is 2. The molecule has 0 saturated heterocycles. The van der Waals surface area contributed by atoms with E-state index in [0.717, 1.165) is 25.2 Å². The Hall–Kier alpha value is -3.66. The van der Waals surface area contributed by atoms with Crippen LogP contribution in [0.4, 0.5) is 23.3 Å². The van der Waals surface area contributed by atoms with Crippen LogP contribution in [0.1, 0.15) is 41.0 Å². The molecule has 9 nitrogen and oxygen atoms in total. The fourth-order valence-corrected chi connectivity index (χ4v) is 3.92. The second-order valence-corrected chi connectivity index (χ2v) is 9.24. The predicted octanol–water partition coefficient (Wildman–Crippen LogP) is 2.27. The molecule has 0 fully saturated rings. The number of rotatable bonds is 8. The number of nitrogens with two attached hydrogens (primary N) is 1. The number of carbonyl (C=O) groups is 1. The minimum Gasteiger partial charge on any atom is -0.384 e. The van der Waals surface area contributed by atoms with Crippen LogP contribution in [0.15, 0.2) is 55.3 Å². The van der Waals surface area contributed by atoms with Gasteiger partial charge in [-0.3, -0.25) is 4.79 Å². The van der Waals surface area contributed by atoms with Gasteiger partial charge in [-0.2, -0.15) is 9.97 Å². The largest absolute Gasteiger partial charge is 0.384 e. The van der Waals surface area contributed by atoms with Crippen molar-refractivity contribution in [2.75, 3.05) is 25.5 Å². The third kappa shape index (κ3) is 6.07. The molecular formula is C26H32N7O2+. The molecule has 1 aromatic carbocycles. The van der Waals surface area contributed by atoms with Crippen molar-refractivity contribution >= 4 is 29.2 Å². The van der Waals surface area contributed by atoms with Crippen LogP contribution in [0, 0.1) is 0 Å². The molecule has 1 amide bonds. The summed E-state index contributed by atoms with van der Waals surface area (Å²) >= 11 is 0. The van der Waals surface area contributed by atoms with E-state index in [0.29, 0.717) is 35.4 Å². The maximum Gasteiger partial charge on any atom is 0.261 e. The summed E-state index contributed by atoms with van der Waals surface area (Å²) in [4.78, 5) is 28.6. The summed E-state index contributed by atoms with van der Waals surface area (Å²) in [5.41, 5.74) is 3.28.